The van der Waals surface area contributed by atoms with E-state index in [1.807, 2.05) is 13.1 Å². The van der Waals surface area contributed by atoms with E-state index in [-0.39, 0.29) is 12.2 Å². The van der Waals surface area contributed by atoms with Crippen LogP contribution < -0.4 is 5.32 Å². The lowest BCUT2D eigenvalue weighted by Gasteiger charge is -2.05. The fraction of sp³-hybridized carbons (Fsp3) is 0.308. The Morgan fingerprint density at radius 2 is 2.30 bits per heavy atom. The van der Waals surface area contributed by atoms with E-state index in [2.05, 4.69) is 10.4 Å². The number of benzene rings is 1. The van der Waals surface area contributed by atoms with Crippen LogP contribution >= 0.6 is 11.6 Å². The highest BCUT2D eigenvalue weighted by atomic mass is 35.5. The highest BCUT2D eigenvalue weighted by Gasteiger charge is 2.17. The Kier molecular flexibility index (Phi) is 4.70. The number of nitro benzene ring substituents is 1. The molecule has 1 N–H and O–H groups in total. The maximum absolute atomic E-state index is 11.0. The van der Waals surface area contributed by atoms with E-state index in [9.17, 15) is 10.1 Å². The first-order valence-electron chi connectivity index (χ1n) is 6.25. The van der Waals surface area contributed by atoms with E-state index in [1.54, 1.807) is 23.0 Å². The Labute approximate surface area is 121 Å². The van der Waals surface area contributed by atoms with Crippen molar-refractivity contribution in [1.82, 2.24) is 15.1 Å². The zero-order chi connectivity index (χ0) is 14.5. The maximum atomic E-state index is 11.0. The first kappa shape index (κ1) is 14.5. The third-order valence-corrected chi connectivity index (χ3v) is 3.23. The average molecular weight is 295 g/mol. The van der Waals surface area contributed by atoms with Crippen LogP contribution in [-0.2, 0) is 13.1 Å². The van der Waals surface area contributed by atoms with E-state index in [4.69, 9.17) is 11.6 Å². The van der Waals surface area contributed by atoms with Crippen LogP contribution in [0.1, 0.15) is 18.1 Å². The number of rotatable bonds is 6. The molecule has 0 amide bonds. The van der Waals surface area contributed by atoms with E-state index in [1.165, 1.54) is 6.07 Å². The maximum Gasteiger partial charge on any atom is 0.275 e. The van der Waals surface area contributed by atoms with Crippen LogP contribution in [0, 0.1) is 10.1 Å². The average Bonchev–Trinajstić information content (AvgIpc) is 2.86. The summed E-state index contributed by atoms with van der Waals surface area (Å²) < 4.78 is 1.65. The van der Waals surface area contributed by atoms with Gasteiger partial charge in [-0.05, 0) is 12.6 Å². The van der Waals surface area contributed by atoms with Crippen molar-refractivity contribution in [2.45, 2.75) is 20.0 Å². The Bertz CT molecular complexity index is 612. The fourth-order valence-electron chi connectivity index (χ4n) is 1.89. The largest absolute Gasteiger partial charge is 0.313 e. The monoisotopic (exact) mass is 294 g/mol. The molecule has 1 aromatic heterocycles. The lowest BCUT2D eigenvalue weighted by atomic mass is 10.2. The molecule has 106 valence electrons. The van der Waals surface area contributed by atoms with Crippen LogP contribution in [-0.4, -0.2) is 21.2 Å². The standard InChI is InChI=1S/C13H15ClN4O2/c1-2-15-6-10-7-16-17(8-10)9-11-12(14)4-3-5-13(11)18(19)20/h3-5,7-8,15H,2,6,9H2,1H3. The minimum Gasteiger partial charge on any atom is -0.313 e. The Hall–Kier alpha value is -1.92. The normalized spacial score (nSPS) is 10.7. The van der Waals surface area contributed by atoms with Gasteiger partial charge in [-0.2, -0.15) is 5.10 Å². The van der Waals surface area contributed by atoms with Gasteiger partial charge in [-0.15, -0.1) is 0 Å². The van der Waals surface area contributed by atoms with Gasteiger partial charge in [0, 0.05) is 24.4 Å². The summed E-state index contributed by atoms with van der Waals surface area (Å²) in [6.07, 6.45) is 3.60. The lowest BCUT2D eigenvalue weighted by molar-refractivity contribution is -0.385. The molecule has 0 atom stereocenters. The molecule has 6 nitrogen and oxygen atoms in total. The zero-order valence-electron chi connectivity index (χ0n) is 11.0. The van der Waals surface area contributed by atoms with Crippen molar-refractivity contribution in [3.05, 3.63) is 56.9 Å². The van der Waals surface area contributed by atoms with Gasteiger partial charge in [-0.25, -0.2) is 0 Å². The second-order valence-electron chi connectivity index (χ2n) is 4.32. The van der Waals surface area contributed by atoms with Gasteiger partial charge in [0.2, 0.25) is 0 Å². The molecule has 20 heavy (non-hydrogen) atoms. The first-order chi connectivity index (χ1) is 9.61. The Morgan fingerprint density at radius 1 is 1.50 bits per heavy atom. The van der Waals surface area contributed by atoms with Crippen LogP contribution in [0.5, 0.6) is 0 Å². The van der Waals surface area contributed by atoms with E-state index >= 15 is 0 Å². The van der Waals surface area contributed by atoms with Gasteiger partial charge in [-0.1, -0.05) is 24.6 Å². The third kappa shape index (κ3) is 3.34. The molecule has 0 aliphatic heterocycles. The van der Waals surface area contributed by atoms with E-state index in [0.29, 0.717) is 10.6 Å². The Balaban J connectivity index is 2.21. The van der Waals surface area contributed by atoms with Gasteiger partial charge in [0.1, 0.15) is 0 Å². The third-order valence-electron chi connectivity index (χ3n) is 2.88. The predicted octanol–water partition coefficient (Wildman–Crippen LogP) is 2.60. The smallest absolute Gasteiger partial charge is 0.275 e. The minimum atomic E-state index is -0.426. The van der Waals surface area contributed by atoms with Crippen molar-refractivity contribution in [2.24, 2.45) is 0 Å². The van der Waals surface area contributed by atoms with Crippen molar-refractivity contribution < 1.29 is 4.92 Å². The van der Waals surface area contributed by atoms with Crippen molar-refractivity contribution in [1.29, 1.82) is 0 Å². The summed E-state index contributed by atoms with van der Waals surface area (Å²) in [6.45, 7) is 3.90. The molecule has 1 heterocycles. The highest BCUT2D eigenvalue weighted by molar-refractivity contribution is 6.31. The summed E-state index contributed by atoms with van der Waals surface area (Å²) in [5, 5.41) is 18.8. The first-order valence-corrected chi connectivity index (χ1v) is 6.63. The van der Waals surface area contributed by atoms with Crippen molar-refractivity contribution in [3.63, 3.8) is 0 Å². The molecule has 0 saturated carbocycles. The van der Waals surface area contributed by atoms with Crippen LogP contribution in [0.3, 0.4) is 0 Å². The molecule has 1 aromatic carbocycles. The lowest BCUT2D eigenvalue weighted by Crippen LogP contribution is -2.11. The quantitative estimate of drug-likeness (QED) is 0.656. The predicted molar refractivity (Wildman–Crippen MR) is 76.8 cm³/mol. The number of halogens is 1. The molecule has 0 radical (unpaired) electrons. The molecule has 0 saturated heterocycles. The van der Waals surface area contributed by atoms with Crippen LogP contribution in [0.25, 0.3) is 0 Å². The van der Waals surface area contributed by atoms with Gasteiger partial charge in [0.25, 0.3) is 5.69 Å². The van der Waals surface area contributed by atoms with E-state index in [0.717, 1.165) is 18.7 Å². The minimum absolute atomic E-state index is 0.0150. The highest BCUT2D eigenvalue weighted by Crippen LogP contribution is 2.26. The summed E-state index contributed by atoms with van der Waals surface area (Å²) in [7, 11) is 0. The molecular weight excluding hydrogens is 280 g/mol. The van der Waals surface area contributed by atoms with Gasteiger partial charge >= 0.3 is 0 Å². The summed E-state index contributed by atoms with van der Waals surface area (Å²) in [4.78, 5) is 10.6. The van der Waals surface area contributed by atoms with Crippen LogP contribution in [0.4, 0.5) is 5.69 Å². The summed E-state index contributed by atoms with van der Waals surface area (Å²) in [5.41, 5.74) is 1.51. The summed E-state index contributed by atoms with van der Waals surface area (Å²) >= 11 is 6.06. The number of hydrogen-bond acceptors (Lipinski definition) is 4. The topological polar surface area (TPSA) is 73.0 Å². The molecule has 0 aliphatic rings. The molecule has 0 spiro atoms. The number of nitrogens with zero attached hydrogens (tertiary/aromatic N) is 3. The van der Waals surface area contributed by atoms with Gasteiger partial charge in [0.05, 0.1) is 28.3 Å². The van der Waals surface area contributed by atoms with Gasteiger partial charge < -0.3 is 5.32 Å². The summed E-state index contributed by atoms with van der Waals surface area (Å²) in [6, 6.07) is 4.67. The molecule has 0 bridgehead atoms. The molecule has 7 heteroatoms. The van der Waals surface area contributed by atoms with Crippen LogP contribution in [0.2, 0.25) is 5.02 Å². The molecule has 0 aliphatic carbocycles. The SMILES string of the molecule is CCNCc1cnn(Cc2c(Cl)cccc2[N+](=O)[O-])c1. The molecule has 2 aromatic rings. The zero-order valence-corrected chi connectivity index (χ0v) is 11.8. The van der Waals surface area contributed by atoms with Crippen molar-refractivity contribution in [2.75, 3.05) is 6.54 Å². The Morgan fingerprint density at radius 3 is 3.00 bits per heavy atom. The van der Waals surface area contributed by atoms with Gasteiger partial charge in [0.15, 0.2) is 0 Å². The summed E-state index contributed by atoms with van der Waals surface area (Å²) in [5.74, 6) is 0. The van der Waals surface area contributed by atoms with Crippen molar-refractivity contribution in [3.8, 4) is 0 Å². The second kappa shape index (κ2) is 6.49. The number of nitrogens with one attached hydrogen (secondary N) is 1. The number of hydrogen-bond donors (Lipinski definition) is 1. The number of nitro groups is 1. The van der Waals surface area contributed by atoms with Crippen molar-refractivity contribution >= 4 is 17.3 Å². The molecular formula is C13H15ClN4O2. The molecule has 2 rings (SSSR count). The van der Waals surface area contributed by atoms with E-state index < -0.39 is 4.92 Å². The number of aromatic nitrogens is 2. The molecule has 0 unspecified atom stereocenters. The fourth-order valence-corrected chi connectivity index (χ4v) is 2.12. The molecule has 0 fully saturated rings. The van der Waals surface area contributed by atoms with Gasteiger partial charge in [-0.3, -0.25) is 14.8 Å². The second-order valence-corrected chi connectivity index (χ2v) is 4.73. The van der Waals surface area contributed by atoms with Crippen LogP contribution in [0.15, 0.2) is 30.6 Å².